The minimum atomic E-state index is 0.0667. The second-order valence-corrected chi connectivity index (χ2v) is 2.99. The zero-order valence-corrected chi connectivity index (χ0v) is 7.99. The van der Waals surface area contributed by atoms with Gasteiger partial charge in [-0.2, -0.15) is 5.10 Å². The molecule has 1 rings (SSSR count). The summed E-state index contributed by atoms with van der Waals surface area (Å²) >= 11 is 0. The third kappa shape index (κ3) is 2.99. The summed E-state index contributed by atoms with van der Waals surface area (Å²) in [5.41, 5.74) is 0.891. The molecule has 0 radical (unpaired) electrons. The fraction of sp³-hybridized carbons (Fsp3) is 0.556. The Morgan fingerprint density at radius 2 is 2.23 bits per heavy atom. The third-order valence-electron chi connectivity index (χ3n) is 1.86. The normalized spacial score (nSPS) is 12.5. The maximum absolute atomic E-state index is 8.93. The molecular formula is C9H15N3O. The van der Waals surface area contributed by atoms with Crippen LogP contribution in [0.3, 0.4) is 0 Å². The lowest BCUT2D eigenvalue weighted by Crippen LogP contribution is -2.23. The standard InChI is InChI=1S/C9H15N3O/c1-3-8(6-13)10-9-5-4-7(2)11-12-9/h4-5,8,13H,3,6H2,1-2H3,(H,10,12). The van der Waals surface area contributed by atoms with E-state index < -0.39 is 0 Å². The van der Waals surface area contributed by atoms with E-state index in [9.17, 15) is 0 Å². The van der Waals surface area contributed by atoms with Crippen LogP contribution < -0.4 is 5.32 Å². The Bertz CT molecular complexity index is 244. The van der Waals surface area contributed by atoms with E-state index in [-0.39, 0.29) is 12.6 Å². The molecule has 1 aromatic rings. The number of nitrogens with one attached hydrogen (secondary N) is 1. The van der Waals surface area contributed by atoms with Crippen LogP contribution in [0.25, 0.3) is 0 Å². The molecule has 0 aliphatic carbocycles. The Balaban J connectivity index is 2.58. The lowest BCUT2D eigenvalue weighted by Gasteiger charge is -2.13. The van der Waals surface area contributed by atoms with Crippen molar-refractivity contribution in [3.05, 3.63) is 17.8 Å². The number of aromatic nitrogens is 2. The number of aliphatic hydroxyl groups is 1. The van der Waals surface area contributed by atoms with Crippen molar-refractivity contribution in [2.75, 3.05) is 11.9 Å². The van der Waals surface area contributed by atoms with Crippen molar-refractivity contribution in [2.24, 2.45) is 0 Å². The van der Waals surface area contributed by atoms with Gasteiger partial charge < -0.3 is 10.4 Å². The number of aliphatic hydroxyl groups excluding tert-OH is 1. The molecule has 0 saturated heterocycles. The summed E-state index contributed by atoms with van der Waals surface area (Å²) in [7, 11) is 0. The lowest BCUT2D eigenvalue weighted by molar-refractivity contribution is 0.271. The number of rotatable bonds is 4. The molecule has 0 aliphatic heterocycles. The molecule has 0 aromatic carbocycles. The zero-order valence-electron chi connectivity index (χ0n) is 7.99. The summed E-state index contributed by atoms with van der Waals surface area (Å²) in [6, 6.07) is 3.82. The topological polar surface area (TPSA) is 58.0 Å². The van der Waals surface area contributed by atoms with E-state index in [1.807, 2.05) is 26.0 Å². The highest BCUT2D eigenvalue weighted by Gasteiger charge is 2.04. The van der Waals surface area contributed by atoms with E-state index in [1.54, 1.807) is 0 Å². The maximum atomic E-state index is 8.93. The predicted molar refractivity (Wildman–Crippen MR) is 51.6 cm³/mol. The Morgan fingerprint density at radius 3 is 2.69 bits per heavy atom. The van der Waals surface area contributed by atoms with Crippen molar-refractivity contribution in [3.8, 4) is 0 Å². The fourth-order valence-corrected chi connectivity index (χ4v) is 0.962. The molecule has 0 amide bonds. The molecule has 0 fully saturated rings. The quantitative estimate of drug-likeness (QED) is 0.726. The average molecular weight is 181 g/mol. The lowest BCUT2D eigenvalue weighted by atomic mass is 10.2. The van der Waals surface area contributed by atoms with E-state index in [0.29, 0.717) is 5.82 Å². The molecule has 2 N–H and O–H groups in total. The van der Waals surface area contributed by atoms with Gasteiger partial charge in [0.2, 0.25) is 0 Å². The van der Waals surface area contributed by atoms with Crippen LogP contribution in [0, 0.1) is 6.92 Å². The molecule has 0 bridgehead atoms. The first-order chi connectivity index (χ1) is 6.26. The predicted octanol–water partition coefficient (Wildman–Crippen LogP) is 0.968. The molecule has 4 nitrogen and oxygen atoms in total. The smallest absolute Gasteiger partial charge is 0.148 e. The van der Waals surface area contributed by atoms with E-state index in [2.05, 4.69) is 15.5 Å². The third-order valence-corrected chi connectivity index (χ3v) is 1.86. The number of hydrogen-bond acceptors (Lipinski definition) is 4. The van der Waals surface area contributed by atoms with Crippen molar-refractivity contribution in [3.63, 3.8) is 0 Å². The summed E-state index contributed by atoms with van der Waals surface area (Å²) in [5, 5.41) is 19.9. The maximum Gasteiger partial charge on any atom is 0.148 e. The first-order valence-corrected chi connectivity index (χ1v) is 4.44. The first-order valence-electron chi connectivity index (χ1n) is 4.44. The summed E-state index contributed by atoms with van der Waals surface area (Å²) in [4.78, 5) is 0. The highest BCUT2D eigenvalue weighted by molar-refractivity contribution is 5.33. The first kappa shape index (κ1) is 9.92. The van der Waals surface area contributed by atoms with Crippen LogP contribution in [-0.2, 0) is 0 Å². The van der Waals surface area contributed by atoms with Crippen molar-refractivity contribution in [2.45, 2.75) is 26.3 Å². The van der Waals surface area contributed by atoms with E-state index in [0.717, 1.165) is 12.1 Å². The van der Waals surface area contributed by atoms with Crippen LogP contribution in [-0.4, -0.2) is 28.0 Å². The summed E-state index contributed by atoms with van der Waals surface area (Å²) < 4.78 is 0. The highest BCUT2D eigenvalue weighted by Crippen LogP contribution is 2.04. The molecule has 0 saturated carbocycles. The summed E-state index contributed by atoms with van der Waals surface area (Å²) in [6.45, 7) is 4.02. The minimum absolute atomic E-state index is 0.0667. The van der Waals surface area contributed by atoms with Crippen LogP contribution >= 0.6 is 0 Å². The SMILES string of the molecule is CCC(CO)Nc1ccc(C)nn1. The molecular weight excluding hydrogens is 166 g/mol. The van der Waals surface area contributed by atoms with E-state index in [1.165, 1.54) is 0 Å². The van der Waals surface area contributed by atoms with Gasteiger partial charge in [-0.3, -0.25) is 0 Å². The van der Waals surface area contributed by atoms with Gasteiger partial charge in [0.25, 0.3) is 0 Å². The summed E-state index contributed by atoms with van der Waals surface area (Å²) in [6.07, 6.45) is 0.867. The van der Waals surface area contributed by atoms with E-state index >= 15 is 0 Å². The van der Waals surface area contributed by atoms with Gasteiger partial charge in [-0.25, -0.2) is 0 Å². The van der Waals surface area contributed by atoms with Crippen molar-refractivity contribution in [1.29, 1.82) is 0 Å². The Labute approximate surface area is 78.0 Å². The van der Waals surface area contributed by atoms with Crippen LogP contribution in [0.15, 0.2) is 12.1 Å². The molecule has 4 heteroatoms. The van der Waals surface area contributed by atoms with Crippen LogP contribution in [0.5, 0.6) is 0 Å². The molecule has 13 heavy (non-hydrogen) atoms. The zero-order chi connectivity index (χ0) is 9.68. The van der Waals surface area contributed by atoms with Gasteiger partial charge in [0.1, 0.15) is 5.82 Å². The monoisotopic (exact) mass is 181 g/mol. The molecule has 72 valence electrons. The molecule has 0 spiro atoms. The summed E-state index contributed by atoms with van der Waals surface area (Å²) in [5.74, 6) is 0.714. The van der Waals surface area contributed by atoms with Gasteiger partial charge in [-0.1, -0.05) is 6.92 Å². The minimum Gasteiger partial charge on any atom is -0.394 e. The Morgan fingerprint density at radius 1 is 1.46 bits per heavy atom. The Hall–Kier alpha value is -1.16. The van der Waals surface area contributed by atoms with Gasteiger partial charge in [-0.15, -0.1) is 5.10 Å². The number of aryl methyl sites for hydroxylation is 1. The largest absolute Gasteiger partial charge is 0.394 e. The van der Waals surface area contributed by atoms with Crippen LogP contribution in [0.2, 0.25) is 0 Å². The van der Waals surface area contributed by atoms with Crippen LogP contribution in [0.4, 0.5) is 5.82 Å². The Kier molecular flexibility index (Phi) is 3.64. The van der Waals surface area contributed by atoms with E-state index in [4.69, 9.17) is 5.11 Å². The molecule has 1 heterocycles. The number of nitrogens with zero attached hydrogens (tertiary/aromatic N) is 2. The van der Waals surface area contributed by atoms with Crippen molar-refractivity contribution in [1.82, 2.24) is 10.2 Å². The number of hydrogen-bond donors (Lipinski definition) is 2. The molecule has 1 atom stereocenters. The van der Waals surface area contributed by atoms with Gasteiger partial charge >= 0.3 is 0 Å². The fourth-order valence-electron chi connectivity index (χ4n) is 0.962. The average Bonchev–Trinajstić information content (AvgIpc) is 2.17. The highest BCUT2D eigenvalue weighted by atomic mass is 16.3. The van der Waals surface area contributed by atoms with Gasteiger partial charge in [0.05, 0.1) is 18.3 Å². The van der Waals surface area contributed by atoms with Gasteiger partial charge in [-0.05, 0) is 25.5 Å². The van der Waals surface area contributed by atoms with Gasteiger partial charge in [0.15, 0.2) is 0 Å². The molecule has 1 unspecified atom stereocenters. The van der Waals surface area contributed by atoms with Crippen LogP contribution in [0.1, 0.15) is 19.0 Å². The second-order valence-electron chi connectivity index (χ2n) is 2.99. The second kappa shape index (κ2) is 4.77. The molecule has 1 aromatic heterocycles. The van der Waals surface area contributed by atoms with Crippen molar-refractivity contribution >= 4 is 5.82 Å². The van der Waals surface area contributed by atoms with Crippen molar-refractivity contribution < 1.29 is 5.11 Å². The van der Waals surface area contributed by atoms with Gasteiger partial charge in [0, 0.05) is 0 Å². The number of anilines is 1. The molecule has 0 aliphatic rings.